The van der Waals surface area contributed by atoms with E-state index in [1.807, 2.05) is 45.2 Å². The molecule has 2 fully saturated rings. The fourth-order valence-electron chi connectivity index (χ4n) is 5.56. The highest BCUT2D eigenvalue weighted by atomic mass is 31.2. The number of aromatic amines is 1. The third kappa shape index (κ3) is 6.98. The number of esters is 1. The van der Waals surface area contributed by atoms with E-state index in [1.54, 1.807) is 37.4 Å². The molecule has 0 radical (unpaired) electrons. The molecule has 6 atom stereocenters. The van der Waals surface area contributed by atoms with E-state index in [1.165, 1.54) is 0 Å². The molecule has 0 saturated carbocycles. The van der Waals surface area contributed by atoms with Gasteiger partial charge in [-0.2, -0.15) is 5.09 Å². The van der Waals surface area contributed by atoms with Gasteiger partial charge in [0.2, 0.25) is 0 Å². The minimum atomic E-state index is -4.14. The van der Waals surface area contributed by atoms with E-state index in [2.05, 4.69) is 28.9 Å². The van der Waals surface area contributed by atoms with E-state index in [-0.39, 0.29) is 19.1 Å². The first-order chi connectivity index (χ1) is 20.5. The average molecular weight is 616 g/mol. The lowest BCUT2D eigenvalue weighted by atomic mass is 9.95. The zero-order valence-electron chi connectivity index (χ0n) is 25.6. The van der Waals surface area contributed by atoms with Crippen LogP contribution < -0.4 is 9.61 Å². The first-order valence-electron chi connectivity index (χ1n) is 14.8. The fourth-order valence-corrected chi connectivity index (χ4v) is 7.14. The first-order valence-corrected chi connectivity index (χ1v) is 16.4. The smallest absolute Gasteiger partial charge is 0.459 e. The number of nitrogens with one attached hydrogen (secondary N) is 2. The lowest BCUT2D eigenvalue weighted by molar-refractivity contribution is -0.211. The number of carbonyl (C=O) groups is 1. The highest BCUT2D eigenvalue weighted by Gasteiger charge is 2.62. The predicted octanol–water partition coefficient (Wildman–Crippen LogP) is 6.07. The second-order valence-corrected chi connectivity index (χ2v) is 13.5. The number of rotatable bonds is 13. The summed E-state index contributed by atoms with van der Waals surface area (Å²) in [5, 5.41) is 3.69. The molecule has 43 heavy (non-hydrogen) atoms. The molecule has 2 N–H and O–H groups in total. The maximum atomic E-state index is 14.3. The topological polar surface area (TPSA) is 130 Å². The minimum absolute atomic E-state index is 0.182. The van der Waals surface area contributed by atoms with Crippen LogP contribution >= 0.6 is 7.75 Å². The third-order valence-electron chi connectivity index (χ3n) is 8.04. The van der Waals surface area contributed by atoms with Gasteiger partial charge in [0.25, 0.3) is 0 Å². The molecule has 0 amide bonds. The van der Waals surface area contributed by atoms with E-state index in [4.69, 9.17) is 28.0 Å². The SMILES string of the molecule is CCC(CC)COC(=O)[C@H](C)N[P@](=O)(OC[C@@]1(C)O[C@@H](c2ccnc3[nH]ccc23)[C@@H]2OC(C)(C)O[C@@H]21)Oc1ccccc1. The van der Waals surface area contributed by atoms with Crippen molar-refractivity contribution in [3.05, 3.63) is 60.4 Å². The molecule has 2 saturated heterocycles. The number of hydrogen-bond donors (Lipinski definition) is 2. The van der Waals surface area contributed by atoms with Crippen molar-refractivity contribution in [3.63, 3.8) is 0 Å². The predicted molar refractivity (Wildman–Crippen MR) is 160 cm³/mol. The lowest BCUT2D eigenvalue weighted by Crippen LogP contribution is -2.45. The quantitative estimate of drug-likeness (QED) is 0.172. The Balaban J connectivity index is 1.37. The van der Waals surface area contributed by atoms with Gasteiger partial charge in [0.15, 0.2) is 5.79 Å². The van der Waals surface area contributed by atoms with Gasteiger partial charge in [-0.05, 0) is 63.4 Å². The molecule has 2 aliphatic rings. The van der Waals surface area contributed by atoms with Crippen LogP contribution in [0.5, 0.6) is 5.75 Å². The highest BCUT2D eigenvalue weighted by molar-refractivity contribution is 7.52. The summed E-state index contributed by atoms with van der Waals surface area (Å²) in [6.07, 6.45) is 3.80. The van der Waals surface area contributed by atoms with Crippen molar-refractivity contribution in [1.29, 1.82) is 0 Å². The molecule has 0 aliphatic carbocycles. The molecule has 234 valence electrons. The first kappa shape index (κ1) is 31.6. The van der Waals surface area contributed by atoms with Gasteiger partial charge in [0.05, 0.1) is 13.2 Å². The van der Waals surface area contributed by atoms with E-state index >= 15 is 0 Å². The molecule has 5 rings (SSSR count). The molecule has 2 aliphatic heterocycles. The number of pyridine rings is 1. The van der Waals surface area contributed by atoms with Crippen LogP contribution in [0.4, 0.5) is 0 Å². The normalized spacial score (nSPS) is 26.7. The number of ether oxygens (including phenoxy) is 4. The van der Waals surface area contributed by atoms with E-state index in [0.29, 0.717) is 5.75 Å². The van der Waals surface area contributed by atoms with Crippen molar-refractivity contribution < 1.29 is 37.4 Å². The third-order valence-corrected chi connectivity index (χ3v) is 9.66. The number of carbonyl (C=O) groups excluding carboxylic acids is 1. The van der Waals surface area contributed by atoms with Crippen LogP contribution in [-0.2, 0) is 32.8 Å². The highest BCUT2D eigenvalue weighted by Crippen LogP contribution is 2.53. The molecular weight excluding hydrogens is 573 g/mol. The minimum Gasteiger partial charge on any atom is -0.464 e. The van der Waals surface area contributed by atoms with Crippen LogP contribution in [0.15, 0.2) is 54.9 Å². The van der Waals surface area contributed by atoms with Gasteiger partial charge in [-0.25, -0.2) is 9.55 Å². The van der Waals surface area contributed by atoms with Crippen LogP contribution in [0.3, 0.4) is 0 Å². The Bertz CT molecular complexity index is 1450. The van der Waals surface area contributed by atoms with Gasteiger partial charge in [-0.15, -0.1) is 0 Å². The molecule has 12 heteroatoms. The monoisotopic (exact) mass is 615 g/mol. The van der Waals surface area contributed by atoms with Crippen LogP contribution in [-0.4, -0.2) is 58.8 Å². The molecule has 0 spiro atoms. The van der Waals surface area contributed by atoms with Crippen molar-refractivity contribution in [2.75, 3.05) is 13.2 Å². The molecule has 2 aromatic heterocycles. The van der Waals surface area contributed by atoms with Crippen LogP contribution in [0.25, 0.3) is 11.0 Å². The van der Waals surface area contributed by atoms with Crippen molar-refractivity contribution in [1.82, 2.24) is 15.1 Å². The van der Waals surface area contributed by atoms with Gasteiger partial charge >= 0.3 is 13.7 Å². The standard InChI is InChI=1S/C31H42N3O8P/c1-7-21(8-2)18-37-29(35)20(3)34-43(36,42-22-12-10-9-11-13-22)38-19-31(6)27-26(39-30(4,5)41-27)25(40-31)23-14-16-32-28-24(23)15-17-33-28/h9-17,20-21,25-27H,7-8,18-19H2,1-6H3,(H,32,33)(H,34,36)/t20-,25-,26-,27-,31+,43-/m0/s1. The number of H-pyrrole nitrogens is 1. The molecule has 11 nitrogen and oxygen atoms in total. The number of benzene rings is 1. The maximum Gasteiger partial charge on any atom is 0.459 e. The second kappa shape index (κ2) is 12.7. The Labute approximate surface area is 252 Å². The van der Waals surface area contributed by atoms with E-state index < -0.39 is 49.5 Å². The summed E-state index contributed by atoms with van der Waals surface area (Å²) in [6, 6.07) is 11.5. The van der Waals surface area contributed by atoms with Gasteiger partial charge in [-0.1, -0.05) is 44.9 Å². The van der Waals surface area contributed by atoms with E-state index in [0.717, 1.165) is 29.4 Å². The fraction of sp³-hybridized carbons (Fsp3) is 0.548. The zero-order chi connectivity index (χ0) is 30.8. The summed E-state index contributed by atoms with van der Waals surface area (Å²) < 4.78 is 51.0. The summed E-state index contributed by atoms with van der Waals surface area (Å²) >= 11 is 0. The van der Waals surface area contributed by atoms with Crippen molar-refractivity contribution in [3.8, 4) is 5.75 Å². The van der Waals surface area contributed by atoms with E-state index in [9.17, 15) is 9.36 Å². The average Bonchev–Trinajstić information content (AvgIpc) is 3.66. The Hall–Kier alpha value is -2.79. The number of fused-ring (bicyclic) bond motifs is 2. The van der Waals surface area contributed by atoms with Gasteiger partial charge < -0.3 is 28.5 Å². The molecule has 4 heterocycles. The lowest BCUT2D eigenvalue weighted by Gasteiger charge is -2.33. The number of hydrogen-bond acceptors (Lipinski definition) is 9. The van der Waals surface area contributed by atoms with Gasteiger partial charge in [-0.3, -0.25) is 9.32 Å². The zero-order valence-corrected chi connectivity index (χ0v) is 26.5. The Morgan fingerprint density at radius 3 is 2.56 bits per heavy atom. The summed E-state index contributed by atoms with van der Waals surface area (Å²) in [5.74, 6) is -0.847. The van der Waals surface area contributed by atoms with Crippen molar-refractivity contribution >= 4 is 24.7 Å². The van der Waals surface area contributed by atoms with Gasteiger partial charge in [0.1, 0.15) is 41.4 Å². The second-order valence-electron chi connectivity index (χ2n) is 11.9. The Morgan fingerprint density at radius 2 is 1.84 bits per heavy atom. The maximum absolute atomic E-state index is 14.3. The van der Waals surface area contributed by atoms with Crippen LogP contribution in [0.1, 0.15) is 66.1 Å². The van der Waals surface area contributed by atoms with Crippen LogP contribution in [0.2, 0.25) is 0 Å². The molecule has 1 aromatic carbocycles. The Kier molecular flexibility index (Phi) is 9.32. The number of nitrogens with zero attached hydrogens (tertiary/aromatic N) is 1. The summed E-state index contributed by atoms with van der Waals surface area (Å²) in [7, 11) is -4.14. The van der Waals surface area contributed by atoms with Crippen molar-refractivity contribution in [2.24, 2.45) is 5.92 Å². The number of aromatic nitrogens is 2. The molecule has 0 unspecified atom stereocenters. The summed E-state index contributed by atoms with van der Waals surface area (Å²) in [4.78, 5) is 20.4. The molecule has 0 bridgehead atoms. The summed E-state index contributed by atoms with van der Waals surface area (Å²) in [5.41, 5.74) is 0.531. The Morgan fingerprint density at radius 1 is 1.09 bits per heavy atom. The van der Waals surface area contributed by atoms with Gasteiger partial charge in [0, 0.05) is 17.8 Å². The largest absolute Gasteiger partial charge is 0.464 e. The summed E-state index contributed by atoms with van der Waals surface area (Å²) in [6.45, 7) is 11.3. The van der Waals surface area contributed by atoms with Crippen LogP contribution in [0, 0.1) is 5.92 Å². The molecule has 3 aromatic rings. The molecular formula is C31H42N3O8P. The number of para-hydroxylation sites is 1. The van der Waals surface area contributed by atoms with Crippen molar-refractivity contribution in [2.45, 2.75) is 90.1 Å².